The average Bonchev–Trinajstić information content (AvgIpc) is 2.90. The van der Waals surface area contributed by atoms with Crippen LogP contribution in [-0.2, 0) is 11.3 Å². The van der Waals surface area contributed by atoms with Crippen molar-refractivity contribution in [2.45, 2.75) is 33.2 Å². The van der Waals surface area contributed by atoms with Crippen molar-refractivity contribution >= 4 is 17.2 Å². The average molecular weight is 310 g/mol. The highest BCUT2D eigenvalue weighted by atomic mass is 32.1. The van der Waals surface area contributed by atoms with Crippen molar-refractivity contribution in [3.63, 3.8) is 0 Å². The Morgan fingerprint density at radius 3 is 2.71 bits per heavy atom. The summed E-state index contributed by atoms with van der Waals surface area (Å²) < 4.78 is 0. The molecular formula is C15H26N4OS. The molecule has 1 saturated heterocycles. The quantitative estimate of drug-likeness (QED) is 0.864. The van der Waals surface area contributed by atoms with Crippen molar-refractivity contribution in [2.24, 2.45) is 11.7 Å². The number of nitrogens with two attached hydrogens (primary N) is 1. The molecule has 0 saturated carbocycles. The van der Waals surface area contributed by atoms with Crippen LogP contribution in [0, 0.1) is 12.8 Å². The fourth-order valence-electron chi connectivity index (χ4n) is 2.70. The lowest BCUT2D eigenvalue weighted by Gasteiger charge is -2.35. The van der Waals surface area contributed by atoms with E-state index in [9.17, 15) is 4.79 Å². The molecule has 1 atom stereocenters. The summed E-state index contributed by atoms with van der Waals surface area (Å²) in [5.41, 5.74) is 6.66. The van der Waals surface area contributed by atoms with Gasteiger partial charge in [-0.25, -0.2) is 4.98 Å². The summed E-state index contributed by atoms with van der Waals surface area (Å²) in [6.07, 6.45) is 1.82. The number of piperazine rings is 1. The smallest absolute Gasteiger partial charge is 0.225 e. The van der Waals surface area contributed by atoms with Crippen LogP contribution in [0.5, 0.6) is 0 Å². The van der Waals surface area contributed by atoms with E-state index in [0.29, 0.717) is 6.54 Å². The molecule has 21 heavy (non-hydrogen) atoms. The lowest BCUT2D eigenvalue weighted by atomic mass is 10.0. The molecule has 1 unspecified atom stereocenters. The van der Waals surface area contributed by atoms with E-state index in [0.717, 1.165) is 56.3 Å². The molecule has 1 aromatic rings. The van der Waals surface area contributed by atoms with Crippen LogP contribution in [0.4, 0.5) is 0 Å². The molecule has 1 fully saturated rings. The van der Waals surface area contributed by atoms with Gasteiger partial charge < -0.3 is 10.6 Å². The SMILES string of the molecule is Cc1nc(CN2CCN(C(=O)C(C)CCCN)CC2)cs1. The number of rotatable bonds is 6. The van der Waals surface area contributed by atoms with Crippen molar-refractivity contribution in [3.05, 3.63) is 16.1 Å². The standard InChI is InChI=1S/C15H26N4OS/c1-12(4-3-5-16)15(20)19-8-6-18(7-9-19)10-14-11-21-13(2)17-14/h11-12H,3-10,16H2,1-2H3. The monoisotopic (exact) mass is 310 g/mol. The van der Waals surface area contributed by atoms with E-state index in [2.05, 4.69) is 15.3 Å². The van der Waals surface area contributed by atoms with Crippen LogP contribution < -0.4 is 5.73 Å². The number of hydrogen-bond donors (Lipinski definition) is 1. The molecule has 1 amide bonds. The van der Waals surface area contributed by atoms with Gasteiger partial charge in [-0.3, -0.25) is 9.69 Å². The fourth-order valence-corrected chi connectivity index (χ4v) is 3.30. The number of nitrogens with zero attached hydrogens (tertiary/aromatic N) is 3. The van der Waals surface area contributed by atoms with Gasteiger partial charge in [0.25, 0.3) is 0 Å². The molecule has 1 aliphatic heterocycles. The second kappa shape index (κ2) is 7.87. The first-order valence-corrected chi connectivity index (χ1v) is 8.60. The molecule has 118 valence electrons. The minimum Gasteiger partial charge on any atom is -0.340 e. The minimum absolute atomic E-state index is 0.0984. The van der Waals surface area contributed by atoms with E-state index in [1.54, 1.807) is 11.3 Å². The zero-order valence-corrected chi connectivity index (χ0v) is 13.9. The van der Waals surface area contributed by atoms with E-state index in [-0.39, 0.29) is 11.8 Å². The summed E-state index contributed by atoms with van der Waals surface area (Å²) in [6.45, 7) is 9.14. The molecule has 2 N–H and O–H groups in total. The lowest BCUT2D eigenvalue weighted by molar-refractivity contribution is -0.137. The second-order valence-corrected chi connectivity index (χ2v) is 6.85. The third-order valence-corrected chi connectivity index (χ3v) is 4.82. The normalized spacial score (nSPS) is 18.0. The van der Waals surface area contributed by atoms with Crippen LogP contribution >= 0.6 is 11.3 Å². The van der Waals surface area contributed by atoms with E-state index >= 15 is 0 Å². The molecule has 0 radical (unpaired) electrons. The Morgan fingerprint density at radius 1 is 1.43 bits per heavy atom. The summed E-state index contributed by atoms with van der Waals surface area (Å²) in [5.74, 6) is 0.383. The lowest BCUT2D eigenvalue weighted by Crippen LogP contribution is -2.49. The molecule has 2 rings (SSSR count). The maximum atomic E-state index is 12.3. The van der Waals surface area contributed by atoms with Gasteiger partial charge in [0.1, 0.15) is 0 Å². The van der Waals surface area contributed by atoms with Crippen molar-refractivity contribution in [1.29, 1.82) is 0 Å². The third kappa shape index (κ3) is 4.76. The Hall–Kier alpha value is -0.980. The molecule has 0 spiro atoms. The number of carbonyl (C=O) groups is 1. The maximum absolute atomic E-state index is 12.3. The summed E-state index contributed by atoms with van der Waals surface area (Å²) in [4.78, 5) is 21.2. The molecule has 1 aromatic heterocycles. The van der Waals surface area contributed by atoms with Gasteiger partial charge in [-0.05, 0) is 26.3 Å². The summed E-state index contributed by atoms with van der Waals surface area (Å²) in [6, 6.07) is 0. The minimum atomic E-state index is 0.0984. The fraction of sp³-hybridized carbons (Fsp3) is 0.733. The Balaban J connectivity index is 1.76. The molecule has 0 bridgehead atoms. The first-order valence-electron chi connectivity index (χ1n) is 7.72. The highest BCUT2D eigenvalue weighted by Gasteiger charge is 2.24. The highest BCUT2D eigenvalue weighted by molar-refractivity contribution is 7.09. The molecule has 5 nitrogen and oxygen atoms in total. The number of hydrogen-bond acceptors (Lipinski definition) is 5. The zero-order chi connectivity index (χ0) is 15.2. The van der Waals surface area contributed by atoms with Gasteiger partial charge in [-0.15, -0.1) is 11.3 Å². The Labute approximate surface area is 131 Å². The molecule has 6 heteroatoms. The maximum Gasteiger partial charge on any atom is 0.225 e. The highest BCUT2D eigenvalue weighted by Crippen LogP contribution is 2.15. The van der Waals surface area contributed by atoms with E-state index in [1.165, 1.54) is 0 Å². The van der Waals surface area contributed by atoms with E-state index in [1.807, 2.05) is 18.7 Å². The van der Waals surface area contributed by atoms with Crippen molar-refractivity contribution in [3.8, 4) is 0 Å². The van der Waals surface area contributed by atoms with Crippen molar-refractivity contribution in [2.75, 3.05) is 32.7 Å². The molecular weight excluding hydrogens is 284 g/mol. The first-order chi connectivity index (χ1) is 10.1. The van der Waals surface area contributed by atoms with Crippen LogP contribution in [-0.4, -0.2) is 53.4 Å². The molecule has 1 aliphatic rings. The van der Waals surface area contributed by atoms with Gasteiger partial charge in [-0.2, -0.15) is 0 Å². The summed E-state index contributed by atoms with van der Waals surface area (Å²) in [5, 5.41) is 3.24. The number of aromatic nitrogens is 1. The van der Waals surface area contributed by atoms with Crippen molar-refractivity contribution < 1.29 is 4.79 Å². The molecule has 0 aliphatic carbocycles. The zero-order valence-electron chi connectivity index (χ0n) is 13.0. The predicted octanol–water partition coefficient (Wildman–Crippen LogP) is 1.47. The van der Waals surface area contributed by atoms with Crippen LogP contribution in [0.1, 0.15) is 30.5 Å². The second-order valence-electron chi connectivity index (χ2n) is 5.79. The number of amides is 1. The van der Waals surface area contributed by atoms with Gasteiger partial charge in [0.2, 0.25) is 5.91 Å². The Morgan fingerprint density at radius 2 is 2.14 bits per heavy atom. The third-order valence-electron chi connectivity index (χ3n) is 4.00. The van der Waals surface area contributed by atoms with Gasteiger partial charge in [-0.1, -0.05) is 6.92 Å². The summed E-state index contributed by atoms with van der Waals surface area (Å²) >= 11 is 1.70. The van der Waals surface area contributed by atoms with Crippen LogP contribution in [0.2, 0.25) is 0 Å². The molecule has 0 aromatic carbocycles. The Bertz CT molecular complexity index is 454. The van der Waals surface area contributed by atoms with Crippen LogP contribution in [0.15, 0.2) is 5.38 Å². The largest absolute Gasteiger partial charge is 0.340 e. The van der Waals surface area contributed by atoms with Crippen molar-refractivity contribution in [1.82, 2.24) is 14.8 Å². The van der Waals surface area contributed by atoms with Gasteiger partial charge in [0.05, 0.1) is 10.7 Å². The Kier molecular flexibility index (Phi) is 6.14. The number of thiazole rings is 1. The van der Waals surface area contributed by atoms with Gasteiger partial charge >= 0.3 is 0 Å². The summed E-state index contributed by atoms with van der Waals surface area (Å²) in [7, 11) is 0. The topological polar surface area (TPSA) is 62.5 Å². The van der Waals surface area contributed by atoms with E-state index in [4.69, 9.17) is 5.73 Å². The first kappa shape index (κ1) is 16.4. The van der Waals surface area contributed by atoms with Crippen LogP contribution in [0.3, 0.4) is 0 Å². The molecule has 2 heterocycles. The predicted molar refractivity (Wildman–Crippen MR) is 86.2 cm³/mol. The van der Waals surface area contributed by atoms with Crippen LogP contribution in [0.25, 0.3) is 0 Å². The number of aryl methyl sites for hydroxylation is 1. The van der Waals surface area contributed by atoms with Gasteiger partial charge in [0.15, 0.2) is 0 Å². The van der Waals surface area contributed by atoms with E-state index < -0.39 is 0 Å². The number of carbonyl (C=O) groups excluding carboxylic acids is 1. The van der Waals surface area contributed by atoms with Gasteiger partial charge in [0, 0.05) is 44.0 Å².